The van der Waals surface area contributed by atoms with Crippen LogP contribution in [0, 0.1) is 0 Å². The van der Waals surface area contributed by atoms with Gasteiger partial charge < -0.3 is 14.7 Å². The molecule has 0 unspecified atom stereocenters. The van der Waals surface area contributed by atoms with Crippen molar-refractivity contribution < 1.29 is 9.84 Å². The lowest BCUT2D eigenvalue weighted by molar-refractivity contribution is 0.0555. The van der Waals surface area contributed by atoms with Gasteiger partial charge in [-0.1, -0.05) is 37.5 Å². The average Bonchev–Trinajstić information content (AvgIpc) is 2.85. The molecule has 32 heavy (non-hydrogen) atoms. The number of nitrogens with zero attached hydrogens (tertiary/aromatic N) is 3. The molecule has 1 aliphatic heterocycles. The fourth-order valence-corrected chi connectivity index (χ4v) is 5.32. The van der Waals surface area contributed by atoms with E-state index >= 15 is 0 Å². The predicted molar refractivity (Wildman–Crippen MR) is 129 cm³/mol. The van der Waals surface area contributed by atoms with Crippen LogP contribution in [0.3, 0.4) is 0 Å². The number of aliphatic hydroxyl groups excluding tert-OH is 1. The zero-order valence-corrected chi connectivity index (χ0v) is 19.5. The number of rotatable bonds is 9. The minimum atomic E-state index is -0.467. The maximum atomic E-state index is 10.6. The van der Waals surface area contributed by atoms with Crippen LogP contribution in [0.1, 0.15) is 62.0 Å². The monoisotopic (exact) mass is 437 g/mol. The number of hydrogen-bond donors (Lipinski definition) is 1. The Morgan fingerprint density at radius 3 is 2.50 bits per heavy atom. The normalized spacial score (nSPS) is 19.8. The number of piperidine rings is 1. The number of likely N-dealkylation sites (tertiary alicyclic amines) is 1. The topological polar surface area (TPSA) is 48.8 Å². The van der Waals surface area contributed by atoms with E-state index in [1.54, 1.807) is 0 Å². The van der Waals surface area contributed by atoms with Crippen LogP contribution in [0.5, 0.6) is 5.75 Å². The number of aromatic nitrogens is 1. The Morgan fingerprint density at radius 2 is 1.75 bits per heavy atom. The third kappa shape index (κ3) is 6.53. The fraction of sp³-hybridized carbons (Fsp3) is 0.593. The highest BCUT2D eigenvalue weighted by Gasteiger charge is 2.22. The summed E-state index contributed by atoms with van der Waals surface area (Å²) in [5, 5.41) is 10.6. The molecule has 0 bridgehead atoms. The van der Waals surface area contributed by atoms with Crippen molar-refractivity contribution in [2.24, 2.45) is 0 Å². The molecule has 0 spiro atoms. The SMILES string of the molecule is CN(C[C@@H](O)COc1ccccc1CN1CCC(c2ccncc2)CC1)C1CCCCC1. The van der Waals surface area contributed by atoms with Gasteiger partial charge in [-0.25, -0.2) is 0 Å². The van der Waals surface area contributed by atoms with E-state index in [0.717, 1.165) is 25.4 Å². The number of benzene rings is 1. The number of likely N-dealkylation sites (N-methyl/N-ethyl adjacent to an activating group) is 1. The molecule has 4 rings (SSSR count). The summed E-state index contributed by atoms with van der Waals surface area (Å²) in [6, 6.07) is 13.2. The lowest BCUT2D eigenvalue weighted by atomic mass is 9.90. The second-order valence-electron chi connectivity index (χ2n) is 9.63. The first-order chi connectivity index (χ1) is 15.7. The van der Waals surface area contributed by atoms with Gasteiger partial charge in [-0.05, 0) is 75.5 Å². The molecule has 5 nitrogen and oxygen atoms in total. The first-order valence-corrected chi connectivity index (χ1v) is 12.4. The van der Waals surface area contributed by atoms with Crippen molar-refractivity contribution in [3.8, 4) is 5.75 Å². The second kappa shape index (κ2) is 11.8. The molecule has 0 radical (unpaired) electrons. The van der Waals surface area contributed by atoms with Gasteiger partial charge in [0.25, 0.3) is 0 Å². The van der Waals surface area contributed by atoms with Gasteiger partial charge in [-0.3, -0.25) is 9.88 Å². The smallest absolute Gasteiger partial charge is 0.123 e. The highest BCUT2D eigenvalue weighted by atomic mass is 16.5. The summed E-state index contributed by atoms with van der Waals surface area (Å²) in [5.74, 6) is 1.54. The maximum absolute atomic E-state index is 10.6. The van der Waals surface area contributed by atoms with Crippen LogP contribution < -0.4 is 4.74 Å². The summed E-state index contributed by atoms with van der Waals surface area (Å²) >= 11 is 0. The van der Waals surface area contributed by atoms with Crippen molar-refractivity contribution in [1.82, 2.24) is 14.8 Å². The second-order valence-corrected chi connectivity index (χ2v) is 9.63. The van der Waals surface area contributed by atoms with Gasteiger partial charge in [0.15, 0.2) is 0 Å². The Labute approximate surface area is 193 Å². The summed E-state index contributed by atoms with van der Waals surface area (Å²) in [4.78, 5) is 8.99. The van der Waals surface area contributed by atoms with Crippen molar-refractivity contribution in [2.75, 3.05) is 33.3 Å². The number of pyridine rings is 1. The summed E-state index contributed by atoms with van der Waals surface area (Å²) in [6.07, 6.45) is 12.2. The maximum Gasteiger partial charge on any atom is 0.123 e. The van der Waals surface area contributed by atoms with Gasteiger partial charge in [-0.2, -0.15) is 0 Å². The summed E-state index contributed by atoms with van der Waals surface area (Å²) in [6.45, 7) is 4.11. The first kappa shape index (κ1) is 23.2. The van der Waals surface area contributed by atoms with Gasteiger partial charge >= 0.3 is 0 Å². The highest BCUT2D eigenvalue weighted by molar-refractivity contribution is 5.33. The van der Waals surface area contributed by atoms with Crippen LogP contribution in [-0.2, 0) is 6.54 Å². The molecule has 2 aliphatic rings. The zero-order valence-electron chi connectivity index (χ0n) is 19.5. The summed E-state index contributed by atoms with van der Waals surface area (Å²) < 4.78 is 6.11. The molecule has 2 heterocycles. The number of aliphatic hydroxyl groups is 1. The Bertz CT molecular complexity index is 802. The predicted octanol–water partition coefficient (Wildman–Crippen LogP) is 4.47. The van der Waals surface area contributed by atoms with Crippen LogP contribution in [0.4, 0.5) is 0 Å². The van der Waals surface area contributed by atoms with E-state index in [4.69, 9.17) is 4.74 Å². The van der Waals surface area contributed by atoms with E-state index in [9.17, 15) is 5.11 Å². The molecule has 0 amide bonds. The Hall–Kier alpha value is -1.95. The van der Waals surface area contributed by atoms with Crippen LogP contribution in [-0.4, -0.2) is 65.3 Å². The van der Waals surface area contributed by atoms with Crippen molar-refractivity contribution in [3.05, 3.63) is 59.9 Å². The van der Waals surface area contributed by atoms with Gasteiger partial charge in [0.2, 0.25) is 0 Å². The molecule has 1 saturated carbocycles. The third-order valence-corrected chi connectivity index (χ3v) is 7.26. The summed E-state index contributed by atoms with van der Waals surface area (Å²) in [7, 11) is 2.14. The summed E-state index contributed by atoms with van der Waals surface area (Å²) in [5.41, 5.74) is 2.62. The minimum Gasteiger partial charge on any atom is -0.491 e. The molecule has 1 N–H and O–H groups in total. The molecule has 1 atom stereocenters. The molecule has 1 aliphatic carbocycles. The van der Waals surface area contributed by atoms with Crippen LogP contribution in [0.25, 0.3) is 0 Å². The largest absolute Gasteiger partial charge is 0.491 e. The molecular formula is C27H39N3O2. The molecule has 174 valence electrons. The fourth-order valence-electron chi connectivity index (χ4n) is 5.32. The van der Waals surface area contributed by atoms with Gasteiger partial charge in [-0.15, -0.1) is 0 Å². The van der Waals surface area contributed by atoms with Gasteiger partial charge in [0, 0.05) is 37.1 Å². The van der Waals surface area contributed by atoms with Crippen molar-refractivity contribution in [3.63, 3.8) is 0 Å². The molecule has 1 aromatic carbocycles. The first-order valence-electron chi connectivity index (χ1n) is 12.4. The van der Waals surface area contributed by atoms with E-state index < -0.39 is 6.10 Å². The Kier molecular flexibility index (Phi) is 8.55. The highest BCUT2D eigenvalue weighted by Crippen LogP contribution is 2.29. The number of ether oxygens (including phenoxy) is 1. The third-order valence-electron chi connectivity index (χ3n) is 7.26. The number of para-hydroxylation sites is 1. The average molecular weight is 438 g/mol. The molecule has 1 aromatic heterocycles. The quantitative estimate of drug-likeness (QED) is 0.627. The molecule has 2 aromatic rings. The Balaban J connectivity index is 1.25. The lowest BCUT2D eigenvalue weighted by Crippen LogP contribution is -2.40. The molecule has 5 heteroatoms. The Morgan fingerprint density at radius 1 is 1.03 bits per heavy atom. The molecule has 1 saturated heterocycles. The van der Waals surface area contributed by atoms with Crippen LogP contribution in [0.15, 0.2) is 48.8 Å². The minimum absolute atomic E-state index is 0.345. The van der Waals surface area contributed by atoms with Crippen molar-refractivity contribution in [1.29, 1.82) is 0 Å². The van der Waals surface area contributed by atoms with E-state index in [1.807, 2.05) is 24.5 Å². The molecular weight excluding hydrogens is 398 g/mol. The van der Waals surface area contributed by atoms with Crippen LogP contribution in [0.2, 0.25) is 0 Å². The standard InChI is InChI=1S/C27H39N3O2/c1-29(25-8-3-2-4-9-25)20-26(31)21-32-27-10-6-5-7-24(27)19-30-17-13-23(14-18-30)22-11-15-28-16-12-22/h5-7,10-12,15-16,23,25-26,31H,2-4,8-9,13-14,17-21H2,1H3/t26-/m1/s1. The van der Waals surface area contributed by atoms with Gasteiger partial charge in [0.05, 0.1) is 0 Å². The van der Waals surface area contributed by atoms with Crippen molar-refractivity contribution >= 4 is 0 Å². The van der Waals surface area contributed by atoms with E-state index in [-0.39, 0.29) is 0 Å². The van der Waals surface area contributed by atoms with E-state index in [0.29, 0.717) is 25.1 Å². The van der Waals surface area contributed by atoms with E-state index in [2.05, 4.69) is 46.1 Å². The van der Waals surface area contributed by atoms with Gasteiger partial charge in [0.1, 0.15) is 18.5 Å². The zero-order chi connectivity index (χ0) is 22.2. The molecule has 2 fully saturated rings. The lowest BCUT2D eigenvalue weighted by Gasteiger charge is -2.33. The van der Waals surface area contributed by atoms with Crippen LogP contribution >= 0.6 is 0 Å². The van der Waals surface area contributed by atoms with Crippen molar-refractivity contribution in [2.45, 2.75) is 69.6 Å². The van der Waals surface area contributed by atoms with E-state index in [1.165, 1.54) is 56.1 Å². The number of hydrogen-bond acceptors (Lipinski definition) is 5.